The Labute approximate surface area is 79.8 Å². The molecule has 0 radical (unpaired) electrons. The summed E-state index contributed by atoms with van der Waals surface area (Å²) in [5.41, 5.74) is 0.839. The molecule has 1 atom stereocenters. The van der Waals surface area contributed by atoms with Crippen molar-refractivity contribution in [2.24, 2.45) is 0 Å². The molecule has 3 heteroatoms. The summed E-state index contributed by atoms with van der Waals surface area (Å²) in [4.78, 5) is 5.01. The highest BCUT2D eigenvalue weighted by Gasteiger charge is 2.09. The number of aromatic nitrogens is 1. The van der Waals surface area contributed by atoms with Gasteiger partial charge in [0.1, 0.15) is 11.8 Å². The molecular weight excluding hydrogens is 182 g/mol. The standard InChI is InChI=1S/C10H9NOS/c1-13(12)9-6-2-4-8-5-3-7-11-10(8)9/h2-7H,1H3. The van der Waals surface area contributed by atoms with Gasteiger partial charge in [0.15, 0.2) is 4.90 Å². The molecule has 2 nitrogen and oxygen atoms in total. The summed E-state index contributed by atoms with van der Waals surface area (Å²) in [6, 6.07) is 9.58. The zero-order valence-corrected chi connectivity index (χ0v) is 8.04. The first-order chi connectivity index (χ1) is 6.29. The molecule has 0 saturated carbocycles. The van der Waals surface area contributed by atoms with Crippen molar-refractivity contribution >= 4 is 22.1 Å². The van der Waals surface area contributed by atoms with Crippen LogP contribution >= 0.6 is 0 Å². The largest absolute Gasteiger partial charge is 0.612 e. The molecule has 0 amide bonds. The van der Waals surface area contributed by atoms with Crippen LogP contribution in [0.2, 0.25) is 0 Å². The van der Waals surface area contributed by atoms with Gasteiger partial charge in [0.2, 0.25) is 0 Å². The van der Waals surface area contributed by atoms with E-state index in [1.165, 1.54) is 0 Å². The van der Waals surface area contributed by atoms with Crippen LogP contribution in [0.3, 0.4) is 0 Å². The zero-order chi connectivity index (χ0) is 9.26. The van der Waals surface area contributed by atoms with Crippen molar-refractivity contribution in [2.75, 3.05) is 6.26 Å². The highest BCUT2D eigenvalue weighted by atomic mass is 32.2. The van der Waals surface area contributed by atoms with Gasteiger partial charge in [-0.15, -0.1) is 0 Å². The second-order valence-corrected chi connectivity index (χ2v) is 4.13. The first-order valence-corrected chi connectivity index (χ1v) is 5.52. The molecule has 0 N–H and O–H groups in total. The molecule has 0 aliphatic rings. The van der Waals surface area contributed by atoms with Crippen LogP contribution in [0.1, 0.15) is 0 Å². The number of nitrogens with zero attached hydrogens (tertiary/aromatic N) is 1. The maximum atomic E-state index is 11.3. The van der Waals surface area contributed by atoms with Crippen molar-refractivity contribution in [1.29, 1.82) is 0 Å². The summed E-state index contributed by atoms with van der Waals surface area (Å²) >= 11 is -0.966. The summed E-state index contributed by atoms with van der Waals surface area (Å²) in [6.07, 6.45) is 3.39. The van der Waals surface area contributed by atoms with Gasteiger partial charge >= 0.3 is 0 Å². The van der Waals surface area contributed by atoms with Crippen molar-refractivity contribution in [1.82, 2.24) is 4.98 Å². The number of benzene rings is 1. The van der Waals surface area contributed by atoms with Crippen LogP contribution in [0, 0.1) is 0 Å². The fraction of sp³-hybridized carbons (Fsp3) is 0.100. The SMILES string of the molecule is C[S+]([O-])c1cccc2cccnc12. The molecule has 0 spiro atoms. The Kier molecular flexibility index (Phi) is 2.20. The van der Waals surface area contributed by atoms with E-state index in [0.29, 0.717) is 0 Å². The monoisotopic (exact) mass is 191 g/mol. The van der Waals surface area contributed by atoms with E-state index < -0.39 is 11.2 Å². The fourth-order valence-corrected chi connectivity index (χ4v) is 2.02. The maximum Gasteiger partial charge on any atom is 0.178 e. The van der Waals surface area contributed by atoms with Crippen molar-refractivity contribution in [2.45, 2.75) is 4.90 Å². The summed E-state index contributed by atoms with van der Waals surface area (Å²) in [7, 11) is 0. The summed E-state index contributed by atoms with van der Waals surface area (Å²) in [5.74, 6) is 0. The minimum atomic E-state index is -0.966. The van der Waals surface area contributed by atoms with Gasteiger partial charge in [-0.1, -0.05) is 18.2 Å². The van der Waals surface area contributed by atoms with Gasteiger partial charge in [-0.25, -0.2) is 0 Å². The van der Waals surface area contributed by atoms with Crippen molar-refractivity contribution in [3.05, 3.63) is 36.5 Å². The first-order valence-electron chi connectivity index (χ1n) is 3.96. The van der Waals surface area contributed by atoms with Crippen molar-refractivity contribution in [3.63, 3.8) is 0 Å². The number of para-hydroxylation sites is 1. The van der Waals surface area contributed by atoms with Crippen LogP contribution in [-0.2, 0) is 11.2 Å². The molecule has 0 aliphatic heterocycles. The van der Waals surface area contributed by atoms with Crippen LogP contribution in [0.15, 0.2) is 41.4 Å². The second kappa shape index (κ2) is 3.36. The average molecular weight is 191 g/mol. The summed E-state index contributed by atoms with van der Waals surface area (Å²) in [6.45, 7) is 0. The number of hydrogen-bond acceptors (Lipinski definition) is 2. The molecule has 0 aliphatic carbocycles. The summed E-state index contributed by atoms with van der Waals surface area (Å²) < 4.78 is 11.3. The van der Waals surface area contributed by atoms with E-state index in [1.807, 2.05) is 30.3 Å². The molecule has 0 fully saturated rings. The van der Waals surface area contributed by atoms with Crippen molar-refractivity contribution < 1.29 is 4.55 Å². The lowest BCUT2D eigenvalue weighted by Crippen LogP contribution is -1.98. The normalized spacial score (nSPS) is 13.1. The van der Waals surface area contributed by atoms with Crippen LogP contribution in [0.25, 0.3) is 10.9 Å². The predicted molar refractivity (Wildman–Crippen MR) is 54.1 cm³/mol. The molecule has 1 aromatic carbocycles. The van der Waals surface area contributed by atoms with E-state index in [4.69, 9.17) is 0 Å². The van der Waals surface area contributed by atoms with Gasteiger partial charge in [0.05, 0.1) is 0 Å². The van der Waals surface area contributed by atoms with Crippen LogP contribution in [-0.4, -0.2) is 15.8 Å². The van der Waals surface area contributed by atoms with Gasteiger partial charge in [0, 0.05) is 11.6 Å². The third-order valence-corrected chi connectivity index (χ3v) is 2.85. The Bertz CT molecular complexity index is 423. The lowest BCUT2D eigenvalue weighted by molar-refractivity contribution is 0.601. The van der Waals surface area contributed by atoms with Crippen LogP contribution in [0.4, 0.5) is 0 Å². The lowest BCUT2D eigenvalue weighted by Gasteiger charge is -2.05. The summed E-state index contributed by atoms with van der Waals surface area (Å²) in [5, 5.41) is 1.04. The molecule has 2 rings (SSSR count). The quantitative estimate of drug-likeness (QED) is 0.646. The molecule has 1 heterocycles. The van der Waals surface area contributed by atoms with E-state index >= 15 is 0 Å². The van der Waals surface area contributed by atoms with Crippen LogP contribution < -0.4 is 0 Å². The molecule has 1 unspecified atom stereocenters. The zero-order valence-electron chi connectivity index (χ0n) is 7.23. The Balaban J connectivity index is 2.76. The molecule has 0 bridgehead atoms. The number of pyridine rings is 1. The predicted octanol–water partition coefficient (Wildman–Crippen LogP) is 1.97. The minimum absolute atomic E-state index is 0.804. The molecular formula is C10H9NOS. The third kappa shape index (κ3) is 1.53. The Morgan fingerprint density at radius 2 is 2.00 bits per heavy atom. The molecule has 0 saturated heterocycles. The van der Waals surface area contributed by atoms with Gasteiger partial charge < -0.3 is 4.55 Å². The van der Waals surface area contributed by atoms with Gasteiger partial charge in [0.25, 0.3) is 0 Å². The maximum absolute atomic E-state index is 11.3. The Hall–Kier alpha value is -1.06. The van der Waals surface area contributed by atoms with E-state index in [9.17, 15) is 4.55 Å². The van der Waals surface area contributed by atoms with Gasteiger partial charge in [-0.05, 0) is 23.3 Å². The highest BCUT2D eigenvalue weighted by Crippen LogP contribution is 2.19. The molecule has 1 aromatic heterocycles. The minimum Gasteiger partial charge on any atom is -0.612 e. The number of rotatable bonds is 1. The Morgan fingerprint density at radius 1 is 1.23 bits per heavy atom. The van der Waals surface area contributed by atoms with E-state index in [-0.39, 0.29) is 0 Å². The van der Waals surface area contributed by atoms with E-state index in [1.54, 1.807) is 12.5 Å². The van der Waals surface area contributed by atoms with E-state index in [0.717, 1.165) is 15.8 Å². The van der Waals surface area contributed by atoms with Crippen LogP contribution in [0.5, 0.6) is 0 Å². The smallest absolute Gasteiger partial charge is 0.178 e. The Morgan fingerprint density at radius 3 is 2.77 bits per heavy atom. The molecule has 66 valence electrons. The second-order valence-electron chi connectivity index (χ2n) is 2.79. The lowest BCUT2D eigenvalue weighted by atomic mass is 10.2. The van der Waals surface area contributed by atoms with E-state index in [2.05, 4.69) is 4.98 Å². The average Bonchev–Trinajstić information content (AvgIpc) is 2.17. The third-order valence-electron chi connectivity index (χ3n) is 1.91. The number of fused-ring (bicyclic) bond motifs is 1. The van der Waals surface area contributed by atoms with Gasteiger partial charge in [-0.3, -0.25) is 4.98 Å². The van der Waals surface area contributed by atoms with Gasteiger partial charge in [-0.2, -0.15) is 0 Å². The highest BCUT2D eigenvalue weighted by molar-refractivity contribution is 7.91. The first kappa shape index (κ1) is 8.53. The number of hydrogen-bond donors (Lipinski definition) is 0. The topological polar surface area (TPSA) is 36.0 Å². The molecule has 13 heavy (non-hydrogen) atoms. The van der Waals surface area contributed by atoms with Crippen molar-refractivity contribution in [3.8, 4) is 0 Å². The molecule has 2 aromatic rings. The fourth-order valence-electron chi connectivity index (χ4n) is 1.31.